The van der Waals surface area contributed by atoms with Crippen LogP contribution < -0.4 is 0 Å². The van der Waals surface area contributed by atoms with Crippen LogP contribution in [-0.4, -0.2) is 17.1 Å². The van der Waals surface area contributed by atoms with Gasteiger partial charge in [0.15, 0.2) is 0 Å². The average molecular weight is 285 g/mol. The molecular weight excluding hydrogens is 257 g/mol. The van der Waals surface area contributed by atoms with Gasteiger partial charge in [0.2, 0.25) is 8.41 Å². The zero-order chi connectivity index (χ0) is 13.4. The summed E-state index contributed by atoms with van der Waals surface area (Å²) in [5, 5.41) is 0. The first-order valence-corrected chi connectivity index (χ1v) is 11.6. The predicted octanol–water partition coefficient (Wildman–Crippen LogP) is 5.90. The van der Waals surface area contributed by atoms with Crippen molar-refractivity contribution in [2.75, 3.05) is 0 Å². The van der Waals surface area contributed by atoms with Crippen LogP contribution in [0.1, 0.15) is 46.5 Å². The monoisotopic (exact) mass is 284 g/mol. The molecule has 0 rings (SSSR count). The highest BCUT2D eigenvalue weighted by Gasteiger charge is 2.31. The SMILES string of the molecule is CC[Si](F)(F)CCCCCC[Si](F)(CC)CC. The minimum Gasteiger partial charge on any atom is -0.314 e. The van der Waals surface area contributed by atoms with Crippen LogP contribution in [0.25, 0.3) is 0 Å². The summed E-state index contributed by atoms with van der Waals surface area (Å²) < 4.78 is 40.1. The highest BCUT2D eigenvalue weighted by Crippen LogP contribution is 2.26. The molecule has 0 bridgehead atoms. The van der Waals surface area contributed by atoms with Gasteiger partial charge in [-0.15, -0.1) is 0 Å². The van der Waals surface area contributed by atoms with Crippen LogP contribution in [0.4, 0.5) is 12.3 Å². The third kappa shape index (κ3) is 8.03. The molecule has 0 fully saturated rings. The van der Waals surface area contributed by atoms with Crippen LogP contribution >= 0.6 is 0 Å². The second kappa shape index (κ2) is 8.35. The Bertz CT molecular complexity index is 194. The first-order chi connectivity index (χ1) is 7.89. The van der Waals surface area contributed by atoms with Gasteiger partial charge >= 0.3 is 8.74 Å². The Morgan fingerprint density at radius 2 is 1.12 bits per heavy atom. The molecule has 5 heteroatoms. The van der Waals surface area contributed by atoms with Crippen LogP contribution in [0.15, 0.2) is 0 Å². The van der Waals surface area contributed by atoms with Gasteiger partial charge in [0.25, 0.3) is 0 Å². The van der Waals surface area contributed by atoms with Crippen molar-refractivity contribution in [3.05, 3.63) is 0 Å². The van der Waals surface area contributed by atoms with Crippen LogP contribution in [0.3, 0.4) is 0 Å². The van der Waals surface area contributed by atoms with Crippen molar-refractivity contribution in [3.63, 3.8) is 0 Å². The highest BCUT2D eigenvalue weighted by molar-refractivity contribution is 6.73. The fourth-order valence-corrected chi connectivity index (χ4v) is 5.17. The molecule has 0 unspecified atom stereocenters. The quantitative estimate of drug-likeness (QED) is 0.266. The van der Waals surface area contributed by atoms with Crippen molar-refractivity contribution in [3.8, 4) is 0 Å². The number of rotatable bonds is 10. The molecule has 0 saturated carbocycles. The van der Waals surface area contributed by atoms with E-state index in [2.05, 4.69) is 0 Å². The zero-order valence-electron chi connectivity index (χ0n) is 11.5. The zero-order valence-corrected chi connectivity index (χ0v) is 13.5. The maximum atomic E-state index is 14.0. The first kappa shape index (κ1) is 17.2. The Morgan fingerprint density at radius 1 is 0.647 bits per heavy atom. The molecule has 0 heterocycles. The largest absolute Gasteiger partial charge is 0.424 e. The summed E-state index contributed by atoms with van der Waals surface area (Å²) in [6.07, 6.45) is 3.29. The van der Waals surface area contributed by atoms with Crippen molar-refractivity contribution in [2.45, 2.75) is 76.7 Å². The molecule has 104 valence electrons. The molecule has 0 nitrogen and oxygen atoms in total. The van der Waals surface area contributed by atoms with E-state index in [1.54, 1.807) is 6.92 Å². The van der Waals surface area contributed by atoms with Crippen molar-refractivity contribution in [1.82, 2.24) is 0 Å². The molecule has 0 amide bonds. The maximum absolute atomic E-state index is 14.0. The number of halogens is 3. The van der Waals surface area contributed by atoms with E-state index in [9.17, 15) is 12.3 Å². The van der Waals surface area contributed by atoms with E-state index in [0.717, 1.165) is 25.3 Å². The van der Waals surface area contributed by atoms with Crippen LogP contribution in [0.2, 0.25) is 30.2 Å². The summed E-state index contributed by atoms with van der Waals surface area (Å²) in [5.74, 6) is 0. The lowest BCUT2D eigenvalue weighted by molar-refractivity contribution is 0.568. The molecular formula is C12H27F3Si2. The fourth-order valence-electron chi connectivity index (χ4n) is 1.96. The standard InChI is InChI=1S/C12H27F3Si2/c1-4-16(13,5-2)11-9-7-8-10-12-17(14,15)6-3/h4-12H2,1-3H3. The molecule has 0 aliphatic carbocycles. The van der Waals surface area contributed by atoms with E-state index in [1.165, 1.54) is 0 Å². The Morgan fingerprint density at radius 3 is 1.53 bits per heavy atom. The van der Waals surface area contributed by atoms with E-state index >= 15 is 0 Å². The van der Waals surface area contributed by atoms with Crippen molar-refractivity contribution >= 4 is 17.1 Å². The normalized spacial score (nSPS) is 13.1. The molecule has 0 aliphatic rings. The smallest absolute Gasteiger partial charge is 0.314 e. The highest BCUT2D eigenvalue weighted by atomic mass is 28.4. The topological polar surface area (TPSA) is 0 Å². The molecule has 0 spiro atoms. The average Bonchev–Trinajstić information content (AvgIpc) is 2.33. The molecule has 0 aromatic rings. The van der Waals surface area contributed by atoms with Gasteiger partial charge in [-0.1, -0.05) is 46.5 Å². The molecule has 0 saturated heterocycles. The lowest BCUT2D eigenvalue weighted by Gasteiger charge is -2.18. The summed E-state index contributed by atoms with van der Waals surface area (Å²) in [7, 11) is -6.29. The van der Waals surface area contributed by atoms with Gasteiger partial charge in [-0.25, -0.2) is 0 Å². The molecule has 0 N–H and O–H groups in total. The lowest BCUT2D eigenvalue weighted by atomic mass is 10.2. The lowest BCUT2D eigenvalue weighted by Crippen LogP contribution is -2.25. The van der Waals surface area contributed by atoms with Gasteiger partial charge < -0.3 is 4.11 Å². The van der Waals surface area contributed by atoms with Gasteiger partial charge in [-0.05, 0) is 30.2 Å². The van der Waals surface area contributed by atoms with Crippen LogP contribution in [0.5, 0.6) is 0 Å². The van der Waals surface area contributed by atoms with Gasteiger partial charge in [-0.2, -0.15) is 0 Å². The minimum atomic E-state index is -3.85. The second-order valence-corrected chi connectivity index (χ2v) is 12.1. The Kier molecular flexibility index (Phi) is 8.46. The van der Waals surface area contributed by atoms with E-state index in [4.69, 9.17) is 0 Å². The van der Waals surface area contributed by atoms with Crippen molar-refractivity contribution in [2.24, 2.45) is 0 Å². The summed E-state index contributed by atoms with van der Waals surface area (Å²) in [4.78, 5) is 0. The number of hydrogen-bond donors (Lipinski definition) is 0. The molecule has 0 aromatic carbocycles. The van der Waals surface area contributed by atoms with Gasteiger partial charge in [0, 0.05) is 0 Å². The molecule has 0 radical (unpaired) electrons. The number of hydrogen-bond acceptors (Lipinski definition) is 0. The van der Waals surface area contributed by atoms with Gasteiger partial charge in [-0.3, -0.25) is 8.22 Å². The van der Waals surface area contributed by atoms with Gasteiger partial charge in [0.05, 0.1) is 0 Å². The van der Waals surface area contributed by atoms with Crippen molar-refractivity contribution < 1.29 is 12.3 Å². The Balaban J connectivity index is 3.53. The van der Waals surface area contributed by atoms with E-state index in [1.807, 2.05) is 13.8 Å². The van der Waals surface area contributed by atoms with E-state index < -0.39 is 17.1 Å². The molecule has 0 atom stereocenters. The minimum absolute atomic E-state index is 0.0686. The van der Waals surface area contributed by atoms with Crippen molar-refractivity contribution in [1.29, 1.82) is 0 Å². The summed E-state index contributed by atoms with van der Waals surface area (Å²) in [6, 6.07) is 2.32. The summed E-state index contributed by atoms with van der Waals surface area (Å²) >= 11 is 0. The van der Waals surface area contributed by atoms with E-state index in [-0.39, 0.29) is 12.1 Å². The van der Waals surface area contributed by atoms with Crippen LogP contribution in [0, 0.1) is 0 Å². The fraction of sp³-hybridized carbons (Fsp3) is 1.00. The Hall–Kier alpha value is 0.224. The third-order valence-electron chi connectivity index (χ3n) is 3.70. The third-order valence-corrected chi connectivity index (χ3v) is 9.61. The predicted molar refractivity (Wildman–Crippen MR) is 74.4 cm³/mol. The van der Waals surface area contributed by atoms with Crippen LogP contribution in [-0.2, 0) is 0 Å². The first-order valence-electron chi connectivity index (χ1n) is 6.96. The summed E-state index contributed by atoms with van der Waals surface area (Å²) in [5.41, 5.74) is 0. The van der Waals surface area contributed by atoms with Gasteiger partial charge in [0.1, 0.15) is 0 Å². The summed E-state index contributed by atoms with van der Waals surface area (Å²) in [6.45, 7) is 5.45. The Labute approximate surface area is 107 Å². The second-order valence-electron chi connectivity index (χ2n) is 4.98. The van der Waals surface area contributed by atoms with E-state index in [0.29, 0.717) is 18.5 Å². The maximum Gasteiger partial charge on any atom is 0.424 e. The number of unbranched alkanes of at least 4 members (excludes halogenated alkanes) is 3. The molecule has 17 heavy (non-hydrogen) atoms. The molecule has 0 aliphatic heterocycles. The molecule has 0 aromatic heterocycles.